The van der Waals surface area contributed by atoms with Gasteiger partial charge >= 0.3 is 0 Å². The Morgan fingerprint density at radius 1 is 1.65 bits per heavy atom. The van der Waals surface area contributed by atoms with Crippen LogP contribution in [0, 0.1) is 5.82 Å². The number of nitrogens with zero attached hydrogens (tertiary/aromatic N) is 1. The molecule has 0 unspecified atom stereocenters. The summed E-state index contributed by atoms with van der Waals surface area (Å²) in [5.41, 5.74) is 4.12. The molecule has 1 aliphatic heterocycles. The van der Waals surface area contributed by atoms with E-state index in [9.17, 15) is 14.3 Å². The third kappa shape index (κ3) is 3.26. The Labute approximate surface area is 117 Å². The van der Waals surface area contributed by atoms with Crippen molar-refractivity contribution in [1.29, 1.82) is 0 Å². The molecule has 0 spiro atoms. The van der Waals surface area contributed by atoms with Crippen LogP contribution in [0.2, 0.25) is 0 Å². The number of benzene rings is 1. The van der Waals surface area contributed by atoms with Crippen LogP contribution in [0.25, 0.3) is 0 Å². The minimum atomic E-state index is -1.20. The summed E-state index contributed by atoms with van der Waals surface area (Å²) in [7, 11) is 0. The molecule has 2 atom stereocenters. The van der Waals surface area contributed by atoms with E-state index in [1.54, 1.807) is 19.1 Å². The Bertz CT molecular complexity index is 493. The summed E-state index contributed by atoms with van der Waals surface area (Å²) >= 11 is 0. The van der Waals surface area contributed by atoms with Gasteiger partial charge < -0.3 is 20.5 Å². The fourth-order valence-corrected chi connectivity index (χ4v) is 2.38. The van der Waals surface area contributed by atoms with E-state index in [-0.39, 0.29) is 19.0 Å². The molecule has 1 aromatic rings. The SMILES string of the molecule is C[C@]1(O)CN(C(=O)CN)CC[C@@H]1Oc1cccc(F)c1. The molecule has 1 heterocycles. The number of hydrogen-bond acceptors (Lipinski definition) is 4. The first kappa shape index (κ1) is 14.7. The Morgan fingerprint density at radius 3 is 3.00 bits per heavy atom. The lowest BCUT2D eigenvalue weighted by molar-refractivity contribution is -0.144. The summed E-state index contributed by atoms with van der Waals surface area (Å²) in [6, 6.07) is 5.78. The Kier molecular flexibility index (Phi) is 4.25. The van der Waals surface area contributed by atoms with Gasteiger partial charge in [-0.25, -0.2) is 4.39 Å². The fourth-order valence-electron chi connectivity index (χ4n) is 2.38. The minimum Gasteiger partial charge on any atom is -0.487 e. The molecule has 3 N–H and O–H groups in total. The number of β-amino-alcohol motifs (C(OH)–C–C–N with tert-alkyl or cyclic N) is 1. The standard InChI is InChI=1S/C14H19FN2O3/c1-14(19)9-17(13(18)8-16)6-5-12(14)20-11-4-2-3-10(15)7-11/h2-4,7,12,19H,5-6,8-9,16H2,1H3/t12-,14-/m0/s1. The summed E-state index contributed by atoms with van der Waals surface area (Å²) in [6.07, 6.45) is -0.0268. The van der Waals surface area contributed by atoms with Crippen LogP contribution in [0.5, 0.6) is 5.75 Å². The van der Waals surface area contributed by atoms with Crippen molar-refractivity contribution >= 4 is 5.91 Å². The van der Waals surface area contributed by atoms with Gasteiger partial charge in [-0.3, -0.25) is 4.79 Å². The zero-order valence-corrected chi connectivity index (χ0v) is 11.4. The maximum Gasteiger partial charge on any atom is 0.236 e. The van der Waals surface area contributed by atoms with Crippen LogP contribution in [-0.4, -0.2) is 47.3 Å². The Balaban J connectivity index is 2.05. The molecular weight excluding hydrogens is 263 g/mol. The highest BCUT2D eigenvalue weighted by molar-refractivity contribution is 5.78. The van der Waals surface area contributed by atoms with Crippen LogP contribution in [0.3, 0.4) is 0 Å². The van der Waals surface area contributed by atoms with E-state index in [4.69, 9.17) is 10.5 Å². The molecule has 1 fully saturated rings. The van der Waals surface area contributed by atoms with Crippen molar-refractivity contribution in [3.63, 3.8) is 0 Å². The quantitative estimate of drug-likeness (QED) is 0.847. The van der Waals surface area contributed by atoms with E-state index in [2.05, 4.69) is 0 Å². The molecule has 1 aliphatic rings. The van der Waals surface area contributed by atoms with E-state index < -0.39 is 17.5 Å². The molecule has 6 heteroatoms. The third-order valence-electron chi connectivity index (χ3n) is 3.47. The van der Waals surface area contributed by atoms with E-state index in [0.29, 0.717) is 18.7 Å². The van der Waals surface area contributed by atoms with Gasteiger partial charge in [-0.15, -0.1) is 0 Å². The molecule has 1 aromatic carbocycles. The van der Waals surface area contributed by atoms with Crippen LogP contribution in [0.15, 0.2) is 24.3 Å². The van der Waals surface area contributed by atoms with Gasteiger partial charge in [0.05, 0.1) is 13.1 Å². The third-order valence-corrected chi connectivity index (χ3v) is 3.47. The van der Waals surface area contributed by atoms with Crippen LogP contribution >= 0.6 is 0 Å². The zero-order chi connectivity index (χ0) is 14.8. The van der Waals surface area contributed by atoms with Crippen LogP contribution < -0.4 is 10.5 Å². The van der Waals surface area contributed by atoms with Crippen molar-refractivity contribution in [1.82, 2.24) is 4.90 Å². The summed E-state index contributed by atoms with van der Waals surface area (Å²) in [6.45, 7) is 2.15. The molecule has 0 aromatic heterocycles. The number of ether oxygens (including phenoxy) is 1. The van der Waals surface area contributed by atoms with Crippen molar-refractivity contribution in [2.75, 3.05) is 19.6 Å². The van der Waals surface area contributed by atoms with Crippen molar-refractivity contribution in [2.24, 2.45) is 5.73 Å². The van der Waals surface area contributed by atoms with Crippen molar-refractivity contribution < 1.29 is 19.0 Å². The molecule has 5 nitrogen and oxygen atoms in total. The van der Waals surface area contributed by atoms with Gasteiger partial charge in [0.2, 0.25) is 5.91 Å². The van der Waals surface area contributed by atoms with Gasteiger partial charge in [0.1, 0.15) is 23.3 Å². The van der Waals surface area contributed by atoms with Gasteiger partial charge in [0.15, 0.2) is 0 Å². The highest BCUT2D eigenvalue weighted by Gasteiger charge is 2.40. The highest BCUT2D eigenvalue weighted by atomic mass is 19.1. The van der Waals surface area contributed by atoms with Crippen LogP contribution in [-0.2, 0) is 4.79 Å². The largest absolute Gasteiger partial charge is 0.487 e. The molecular formula is C14H19FN2O3. The fraction of sp³-hybridized carbons (Fsp3) is 0.500. The Hall–Kier alpha value is -1.66. The maximum atomic E-state index is 13.1. The van der Waals surface area contributed by atoms with E-state index in [1.807, 2.05) is 0 Å². The van der Waals surface area contributed by atoms with Gasteiger partial charge in [0.25, 0.3) is 0 Å². The lowest BCUT2D eigenvalue weighted by atomic mass is 9.91. The normalized spacial score (nSPS) is 26.4. The van der Waals surface area contributed by atoms with E-state index in [0.717, 1.165) is 0 Å². The van der Waals surface area contributed by atoms with E-state index >= 15 is 0 Å². The molecule has 0 bridgehead atoms. The molecule has 0 aliphatic carbocycles. The first-order valence-corrected chi connectivity index (χ1v) is 6.55. The molecule has 1 amide bonds. The molecule has 0 saturated carbocycles. The summed E-state index contributed by atoms with van der Waals surface area (Å²) in [5, 5.41) is 10.4. The second kappa shape index (κ2) is 5.76. The van der Waals surface area contributed by atoms with Crippen LogP contribution in [0.1, 0.15) is 13.3 Å². The van der Waals surface area contributed by atoms with Crippen LogP contribution in [0.4, 0.5) is 4.39 Å². The second-order valence-electron chi connectivity index (χ2n) is 5.23. The number of nitrogens with two attached hydrogens (primary N) is 1. The lowest BCUT2D eigenvalue weighted by Crippen LogP contribution is -2.59. The molecule has 20 heavy (non-hydrogen) atoms. The average molecular weight is 282 g/mol. The predicted molar refractivity (Wildman–Crippen MR) is 71.7 cm³/mol. The Morgan fingerprint density at radius 2 is 2.40 bits per heavy atom. The van der Waals surface area contributed by atoms with Gasteiger partial charge in [-0.2, -0.15) is 0 Å². The average Bonchev–Trinajstić information content (AvgIpc) is 2.40. The van der Waals surface area contributed by atoms with Crippen molar-refractivity contribution in [2.45, 2.75) is 25.0 Å². The van der Waals surface area contributed by atoms with Gasteiger partial charge in [-0.05, 0) is 19.1 Å². The molecule has 0 radical (unpaired) electrons. The minimum absolute atomic E-state index is 0.0779. The number of carbonyl (C=O) groups is 1. The summed E-state index contributed by atoms with van der Waals surface area (Å²) < 4.78 is 18.8. The number of aliphatic hydroxyl groups is 1. The van der Waals surface area contributed by atoms with E-state index in [1.165, 1.54) is 17.0 Å². The predicted octanol–water partition coefficient (Wildman–Crippen LogP) is 0.515. The zero-order valence-electron chi connectivity index (χ0n) is 11.4. The molecule has 2 rings (SSSR count). The summed E-state index contributed by atoms with van der Waals surface area (Å²) in [5.74, 6) is -0.221. The van der Waals surface area contributed by atoms with Gasteiger partial charge in [0, 0.05) is 19.0 Å². The molecule has 1 saturated heterocycles. The number of likely N-dealkylation sites (tertiary alicyclic amines) is 1. The highest BCUT2D eigenvalue weighted by Crippen LogP contribution is 2.26. The van der Waals surface area contributed by atoms with Gasteiger partial charge in [-0.1, -0.05) is 6.07 Å². The van der Waals surface area contributed by atoms with Crippen molar-refractivity contribution in [3.8, 4) is 5.75 Å². The smallest absolute Gasteiger partial charge is 0.236 e. The first-order valence-electron chi connectivity index (χ1n) is 6.55. The molecule has 110 valence electrons. The number of halogens is 1. The summed E-state index contributed by atoms with van der Waals surface area (Å²) in [4.78, 5) is 13.1. The second-order valence-corrected chi connectivity index (χ2v) is 5.23. The lowest BCUT2D eigenvalue weighted by Gasteiger charge is -2.42. The van der Waals surface area contributed by atoms with Crippen molar-refractivity contribution in [3.05, 3.63) is 30.1 Å². The monoisotopic (exact) mass is 282 g/mol. The number of rotatable bonds is 3. The number of amides is 1. The number of carbonyl (C=O) groups excluding carboxylic acids is 1. The first-order chi connectivity index (χ1) is 9.42. The topological polar surface area (TPSA) is 75.8 Å². The maximum absolute atomic E-state index is 13.1. The number of hydrogen-bond donors (Lipinski definition) is 2. The number of piperidine rings is 1.